The first-order chi connectivity index (χ1) is 16.2. The molecular weight excluding hydrogens is 456 g/mol. The molecule has 34 heavy (non-hydrogen) atoms. The lowest BCUT2D eigenvalue weighted by Crippen LogP contribution is -2.26. The maximum atomic E-state index is 12.3. The van der Waals surface area contributed by atoms with Crippen molar-refractivity contribution in [3.63, 3.8) is 0 Å². The molecule has 4 rings (SSSR count). The van der Waals surface area contributed by atoms with Crippen LogP contribution in [0.5, 0.6) is 0 Å². The number of fused-ring (bicyclic) bond motifs is 1. The Morgan fingerprint density at radius 1 is 1.12 bits per heavy atom. The highest BCUT2D eigenvalue weighted by atomic mass is 35.5. The Morgan fingerprint density at radius 2 is 1.91 bits per heavy atom. The summed E-state index contributed by atoms with van der Waals surface area (Å²) >= 11 is 6.50. The summed E-state index contributed by atoms with van der Waals surface area (Å²) in [6.45, 7) is 1.80. The number of anilines is 4. The number of carbonyl (C=O) groups is 2. The molecule has 10 nitrogen and oxygen atoms in total. The van der Waals surface area contributed by atoms with Gasteiger partial charge in [-0.25, -0.2) is 0 Å². The third kappa shape index (κ3) is 5.08. The van der Waals surface area contributed by atoms with Crippen LogP contribution in [0.2, 0.25) is 5.02 Å². The molecule has 0 saturated carbocycles. The highest BCUT2D eigenvalue weighted by Crippen LogP contribution is 2.31. The van der Waals surface area contributed by atoms with Gasteiger partial charge < -0.3 is 26.2 Å². The van der Waals surface area contributed by atoms with Gasteiger partial charge in [0.1, 0.15) is 0 Å². The van der Waals surface area contributed by atoms with E-state index in [1.807, 2.05) is 12.1 Å². The quantitative estimate of drug-likeness (QED) is 0.491. The smallest absolute Gasteiger partial charge is 0.273 e. The van der Waals surface area contributed by atoms with Crippen molar-refractivity contribution >= 4 is 46.6 Å². The zero-order valence-electron chi connectivity index (χ0n) is 19.1. The number of rotatable bonds is 6. The number of hydrogen-bond acceptors (Lipinski definition) is 8. The molecule has 2 heterocycles. The molecular formula is C23H25ClN8O2. The van der Waals surface area contributed by atoms with Gasteiger partial charge in [-0.2, -0.15) is 4.98 Å². The van der Waals surface area contributed by atoms with Gasteiger partial charge >= 0.3 is 0 Å². The number of aromatic nitrogens is 3. The first kappa shape index (κ1) is 23.4. The molecule has 0 unspecified atom stereocenters. The van der Waals surface area contributed by atoms with Crippen molar-refractivity contribution in [2.75, 3.05) is 38.3 Å². The van der Waals surface area contributed by atoms with Crippen molar-refractivity contribution in [3.8, 4) is 0 Å². The summed E-state index contributed by atoms with van der Waals surface area (Å²) in [4.78, 5) is 32.3. The first-order valence-corrected chi connectivity index (χ1v) is 11.0. The molecule has 176 valence electrons. The Morgan fingerprint density at radius 3 is 2.65 bits per heavy atom. The number of benzene rings is 2. The van der Waals surface area contributed by atoms with Gasteiger partial charge in [0.15, 0.2) is 11.5 Å². The van der Waals surface area contributed by atoms with Gasteiger partial charge in [-0.3, -0.25) is 9.59 Å². The van der Waals surface area contributed by atoms with Crippen LogP contribution in [-0.2, 0) is 13.0 Å². The van der Waals surface area contributed by atoms with E-state index in [1.54, 1.807) is 38.4 Å². The van der Waals surface area contributed by atoms with Crippen molar-refractivity contribution in [2.45, 2.75) is 13.0 Å². The maximum absolute atomic E-state index is 12.3. The minimum atomic E-state index is -0.787. The molecule has 1 aromatic heterocycles. The van der Waals surface area contributed by atoms with E-state index in [4.69, 9.17) is 17.3 Å². The number of likely N-dealkylation sites (N-methyl/N-ethyl adjacent to an activating group) is 1. The summed E-state index contributed by atoms with van der Waals surface area (Å²) in [6.07, 6.45) is 0.909. The average Bonchev–Trinajstić information content (AvgIpc) is 2.79. The fraction of sp³-hybridized carbons (Fsp3) is 0.261. The summed E-state index contributed by atoms with van der Waals surface area (Å²) in [5.41, 5.74) is 9.38. The predicted octanol–water partition coefficient (Wildman–Crippen LogP) is 2.80. The summed E-state index contributed by atoms with van der Waals surface area (Å²) in [5, 5.41) is 14.6. The first-order valence-electron chi connectivity index (χ1n) is 10.6. The number of carbonyl (C=O) groups excluding carboxylic acids is 2. The minimum absolute atomic E-state index is 0.107. The van der Waals surface area contributed by atoms with Gasteiger partial charge in [0.25, 0.3) is 11.8 Å². The van der Waals surface area contributed by atoms with E-state index < -0.39 is 5.91 Å². The highest BCUT2D eigenvalue weighted by Gasteiger charge is 2.19. The molecule has 0 fully saturated rings. The van der Waals surface area contributed by atoms with Crippen molar-refractivity contribution in [2.24, 2.45) is 5.73 Å². The molecule has 0 saturated heterocycles. The van der Waals surface area contributed by atoms with Crippen LogP contribution in [0.15, 0.2) is 36.4 Å². The molecule has 0 spiro atoms. The second-order valence-corrected chi connectivity index (χ2v) is 8.72. The second-order valence-electron chi connectivity index (χ2n) is 8.32. The van der Waals surface area contributed by atoms with Gasteiger partial charge in [0, 0.05) is 38.4 Å². The summed E-state index contributed by atoms with van der Waals surface area (Å²) in [5.74, 6) is -0.696. The molecule has 0 aliphatic carbocycles. The van der Waals surface area contributed by atoms with Crippen molar-refractivity contribution < 1.29 is 9.59 Å². The van der Waals surface area contributed by atoms with Crippen LogP contribution in [0.3, 0.4) is 0 Å². The molecule has 0 radical (unpaired) electrons. The number of nitrogens with two attached hydrogens (primary N) is 1. The normalized spacial score (nSPS) is 13.2. The Kier molecular flexibility index (Phi) is 6.62. The van der Waals surface area contributed by atoms with E-state index in [1.165, 1.54) is 16.0 Å². The van der Waals surface area contributed by atoms with Gasteiger partial charge in [0.2, 0.25) is 5.95 Å². The average molecular weight is 481 g/mol. The topological polar surface area (TPSA) is 129 Å². The molecule has 2 aromatic carbocycles. The Bertz CT molecular complexity index is 1260. The van der Waals surface area contributed by atoms with E-state index in [2.05, 4.69) is 37.8 Å². The predicted molar refractivity (Wildman–Crippen MR) is 131 cm³/mol. The standard InChI is InChI=1S/C23H25ClN8O2/c1-31(2)22(34)14-5-4-6-16(9-14)26-21-19(20(25)33)29-30-23(28-21)27-18-11-13-7-8-32(3)12-15(13)10-17(18)24/h4-6,9-11H,7-8,12H2,1-3H3,(H2,25,33)(H2,26,27,28,30). The van der Waals surface area contributed by atoms with Gasteiger partial charge in [-0.05, 0) is 54.9 Å². The van der Waals surface area contributed by atoms with Crippen molar-refractivity contribution in [1.29, 1.82) is 0 Å². The maximum Gasteiger partial charge on any atom is 0.273 e. The minimum Gasteiger partial charge on any atom is -0.364 e. The number of nitrogens with one attached hydrogen (secondary N) is 2. The van der Waals surface area contributed by atoms with Crippen LogP contribution < -0.4 is 16.4 Å². The Labute approximate surface area is 202 Å². The molecule has 1 aliphatic rings. The van der Waals surface area contributed by atoms with Crippen LogP contribution >= 0.6 is 11.6 Å². The van der Waals surface area contributed by atoms with Crippen molar-refractivity contribution in [3.05, 3.63) is 63.8 Å². The number of amides is 2. The second kappa shape index (κ2) is 9.62. The monoisotopic (exact) mass is 480 g/mol. The Hall–Kier alpha value is -3.76. The number of primary amides is 1. The third-order valence-electron chi connectivity index (χ3n) is 5.44. The number of hydrogen-bond donors (Lipinski definition) is 3. The molecule has 11 heteroatoms. The molecule has 3 aromatic rings. The summed E-state index contributed by atoms with van der Waals surface area (Å²) < 4.78 is 0. The summed E-state index contributed by atoms with van der Waals surface area (Å²) in [6, 6.07) is 10.7. The van der Waals surface area contributed by atoms with Crippen LogP contribution in [0.1, 0.15) is 32.0 Å². The van der Waals surface area contributed by atoms with E-state index >= 15 is 0 Å². The molecule has 1 aliphatic heterocycles. The zero-order chi connectivity index (χ0) is 24.4. The molecule has 4 N–H and O–H groups in total. The fourth-order valence-corrected chi connectivity index (χ4v) is 3.93. The van der Waals surface area contributed by atoms with Crippen LogP contribution in [-0.4, -0.2) is 64.5 Å². The summed E-state index contributed by atoms with van der Waals surface area (Å²) in [7, 11) is 5.41. The van der Waals surface area contributed by atoms with Crippen LogP contribution in [0.4, 0.5) is 23.1 Å². The SMILES string of the molecule is CN1CCc2cc(Nc3nnc(C(N)=O)c(Nc4cccc(C(=O)N(C)C)c4)n3)c(Cl)cc2C1. The molecule has 2 amide bonds. The lowest BCUT2D eigenvalue weighted by Gasteiger charge is -2.26. The van der Waals surface area contributed by atoms with Crippen LogP contribution in [0, 0.1) is 0 Å². The zero-order valence-corrected chi connectivity index (χ0v) is 19.8. The van der Waals surface area contributed by atoms with E-state index in [-0.39, 0.29) is 23.4 Å². The van der Waals surface area contributed by atoms with E-state index in [0.29, 0.717) is 22.0 Å². The number of halogens is 1. The lowest BCUT2D eigenvalue weighted by molar-refractivity contribution is 0.0827. The van der Waals surface area contributed by atoms with E-state index in [9.17, 15) is 9.59 Å². The highest BCUT2D eigenvalue weighted by molar-refractivity contribution is 6.33. The van der Waals surface area contributed by atoms with Gasteiger partial charge in [-0.1, -0.05) is 17.7 Å². The van der Waals surface area contributed by atoms with Gasteiger partial charge in [-0.15, -0.1) is 10.2 Å². The van der Waals surface area contributed by atoms with Crippen LogP contribution in [0.25, 0.3) is 0 Å². The number of nitrogens with zero attached hydrogens (tertiary/aromatic N) is 5. The Balaban J connectivity index is 1.63. The lowest BCUT2D eigenvalue weighted by atomic mass is 9.99. The molecule has 0 bridgehead atoms. The van der Waals surface area contributed by atoms with Gasteiger partial charge in [0.05, 0.1) is 10.7 Å². The molecule has 0 atom stereocenters. The van der Waals surface area contributed by atoms with E-state index in [0.717, 1.165) is 19.5 Å². The third-order valence-corrected chi connectivity index (χ3v) is 5.75. The van der Waals surface area contributed by atoms with Crippen molar-refractivity contribution in [1.82, 2.24) is 25.0 Å². The fourth-order valence-electron chi connectivity index (χ4n) is 3.69. The largest absolute Gasteiger partial charge is 0.364 e.